The monoisotopic (exact) mass is 310 g/mol. The molecule has 0 aliphatic heterocycles. The Morgan fingerprint density at radius 2 is 1.85 bits per heavy atom. The van der Waals surface area contributed by atoms with Crippen LogP contribution in [0.2, 0.25) is 10.0 Å². The number of nitrogens with zero attached hydrogens (tertiary/aromatic N) is 1. The molecule has 0 amide bonds. The minimum atomic E-state index is -0.760. The predicted molar refractivity (Wildman–Crippen MR) is 79.7 cm³/mol. The summed E-state index contributed by atoms with van der Waals surface area (Å²) in [7, 11) is 0. The smallest absolute Gasteiger partial charge is 0.169 e. The Kier molecular flexibility index (Phi) is 3.89. The van der Waals surface area contributed by atoms with Crippen LogP contribution in [0.4, 0.5) is 27.1 Å². The summed E-state index contributed by atoms with van der Waals surface area (Å²) in [5, 5.41) is 11.5. The molecule has 2 aromatic rings. The van der Waals surface area contributed by atoms with Gasteiger partial charge in [-0.25, -0.2) is 4.39 Å². The van der Waals surface area contributed by atoms with Crippen molar-refractivity contribution in [2.45, 2.75) is 0 Å². The largest absolute Gasteiger partial charge is 0.397 e. The van der Waals surface area contributed by atoms with E-state index in [-0.39, 0.29) is 27.1 Å². The average molecular weight is 311 g/mol. The fraction of sp³-hybridized carbons (Fsp3) is 0. The first-order chi connectivity index (χ1) is 9.43. The average Bonchev–Trinajstić information content (AvgIpc) is 2.42. The molecule has 0 saturated carbocycles. The first-order valence-corrected chi connectivity index (χ1v) is 6.19. The van der Waals surface area contributed by atoms with Gasteiger partial charge in [0.15, 0.2) is 5.82 Å². The molecule has 0 aromatic heterocycles. The molecule has 0 heterocycles. The van der Waals surface area contributed by atoms with Crippen LogP contribution in [0.25, 0.3) is 0 Å². The Balaban J connectivity index is 2.46. The van der Waals surface area contributed by atoms with Gasteiger partial charge in [0.1, 0.15) is 5.02 Å². The highest BCUT2D eigenvalue weighted by molar-refractivity contribution is 6.34. The van der Waals surface area contributed by atoms with E-state index >= 15 is 0 Å². The summed E-state index contributed by atoms with van der Waals surface area (Å²) in [5.74, 6) is -0.760. The normalized spacial score (nSPS) is 10.1. The van der Waals surface area contributed by atoms with E-state index in [0.29, 0.717) is 11.3 Å². The third-order valence-electron chi connectivity index (χ3n) is 2.62. The van der Waals surface area contributed by atoms with Gasteiger partial charge >= 0.3 is 0 Å². The van der Waals surface area contributed by atoms with E-state index in [9.17, 15) is 4.39 Å². The van der Waals surface area contributed by atoms with Crippen molar-refractivity contribution in [3.8, 4) is 6.07 Å². The maximum absolute atomic E-state index is 14.0. The lowest BCUT2D eigenvalue weighted by Gasteiger charge is -2.14. The lowest BCUT2D eigenvalue weighted by molar-refractivity contribution is 0.633. The number of nitrogens with two attached hydrogens (primary N) is 2. The Morgan fingerprint density at radius 3 is 2.45 bits per heavy atom. The molecule has 0 aliphatic rings. The predicted octanol–water partition coefficient (Wildman–Crippen LogP) is 3.91. The summed E-state index contributed by atoms with van der Waals surface area (Å²) in [6.45, 7) is 0. The van der Waals surface area contributed by atoms with Crippen molar-refractivity contribution in [2.75, 3.05) is 16.8 Å². The summed E-state index contributed by atoms with van der Waals surface area (Å²) in [6, 6.07) is 7.85. The van der Waals surface area contributed by atoms with Gasteiger partial charge in [-0.2, -0.15) is 5.26 Å². The summed E-state index contributed by atoms with van der Waals surface area (Å²) >= 11 is 11.7. The van der Waals surface area contributed by atoms with Crippen LogP contribution in [0.3, 0.4) is 0 Å². The number of benzene rings is 2. The van der Waals surface area contributed by atoms with Gasteiger partial charge in [0, 0.05) is 0 Å². The second-order valence-corrected chi connectivity index (χ2v) is 4.77. The van der Waals surface area contributed by atoms with E-state index in [1.165, 1.54) is 12.1 Å². The van der Waals surface area contributed by atoms with Crippen molar-refractivity contribution in [3.63, 3.8) is 0 Å². The number of anilines is 4. The highest BCUT2D eigenvalue weighted by Crippen LogP contribution is 2.37. The molecule has 0 aliphatic carbocycles. The lowest BCUT2D eigenvalue weighted by Crippen LogP contribution is -2.03. The van der Waals surface area contributed by atoms with Crippen LogP contribution >= 0.6 is 23.2 Å². The van der Waals surface area contributed by atoms with Gasteiger partial charge in [-0.3, -0.25) is 0 Å². The topological polar surface area (TPSA) is 87.9 Å². The maximum atomic E-state index is 14.0. The Bertz CT molecular complexity index is 725. The van der Waals surface area contributed by atoms with E-state index in [2.05, 4.69) is 5.32 Å². The van der Waals surface area contributed by atoms with Crippen LogP contribution in [0.5, 0.6) is 0 Å². The zero-order valence-corrected chi connectivity index (χ0v) is 11.6. The maximum Gasteiger partial charge on any atom is 0.169 e. The molecule has 0 fully saturated rings. The number of halogens is 3. The fourth-order valence-corrected chi connectivity index (χ4v) is 1.99. The van der Waals surface area contributed by atoms with Crippen LogP contribution in [-0.4, -0.2) is 0 Å². The Hall–Kier alpha value is -2.16. The number of nitrogen functional groups attached to an aromatic ring is 2. The van der Waals surface area contributed by atoms with Crippen molar-refractivity contribution < 1.29 is 4.39 Å². The van der Waals surface area contributed by atoms with Crippen LogP contribution in [0.15, 0.2) is 24.3 Å². The second kappa shape index (κ2) is 5.45. The molecular weight excluding hydrogens is 302 g/mol. The third kappa shape index (κ3) is 2.57. The minimum Gasteiger partial charge on any atom is -0.397 e. The summed E-state index contributed by atoms with van der Waals surface area (Å²) in [6.07, 6.45) is 0. The van der Waals surface area contributed by atoms with Crippen LogP contribution < -0.4 is 16.8 Å². The first-order valence-electron chi connectivity index (χ1n) is 5.43. The summed E-state index contributed by atoms with van der Waals surface area (Å²) in [5.41, 5.74) is 12.1. The van der Waals surface area contributed by atoms with E-state index in [0.717, 1.165) is 0 Å². The molecule has 2 rings (SSSR count). The number of nitrogens with one attached hydrogen (secondary N) is 1. The molecule has 2 aromatic carbocycles. The number of nitriles is 1. The van der Waals surface area contributed by atoms with Crippen molar-refractivity contribution in [1.82, 2.24) is 0 Å². The highest BCUT2D eigenvalue weighted by atomic mass is 35.5. The molecule has 0 unspecified atom stereocenters. The standard InChI is InChI=1S/C13H9Cl2FN4/c14-7-3-6(5-17)1-2-10(7)20-13-9(19)4-8(18)11(15)12(13)16/h1-4,20H,18-19H2. The van der Waals surface area contributed by atoms with Crippen LogP contribution in [0.1, 0.15) is 5.56 Å². The summed E-state index contributed by atoms with van der Waals surface area (Å²) in [4.78, 5) is 0. The zero-order chi connectivity index (χ0) is 14.9. The molecule has 102 valence electrons. The van der Waals surface area contributed by atoms with Crippen molar-refractivity contribution in [3.05, 3.63) is 45.7 Å². The SMILES string of the molecule is N#Cc1ccc(Nc2c(N)cc(N)c(Cl)c2F)c(Cl)c1. The van der Waals surface area contributed by atoms with Gasteiger partial charge < -0.3 is 16.8 Å². The van der Waals surface area contributed by atoms with Crippen molar-refractivity contribution in [1.29, 1.82) is 5.26 Å². The molecule has 0 saturated heterocycles. The quantitative estimate of drug-likeness (QED) is 0.734. The molecule has 0 spiro atoms. The van der Waals surface area contributed by atoms with Crippen LogP contribution in [0, 0.1) is 17.1 Å². The van der Waals surface area contributed by atoms with Gasteiger partial charge in [-0.1, -0.05) is 23.2 Å². The molecule has 0 radical (unpaired) electrons. The lowest BCUT2D eigenvalue weighted by atomic mass is 10.2. The highest BCUT2D eigenvalue weighted by Gasteiger charge is 2.15. The minimum absolute atomic E-state index is 0.0178. The molecule has 7 heteroatoms. The van der Waals surface area contributed by atoms with Gasteiger partial charge in [-0.15, -0.1) is 0 Å². The Labute approximate surface area is 124 Å². The third-order valence-corrected chi connectivity index (χ3v) is 3.32. The number of hydrogen-bond donors (Lipinski definition) is 3. The van der Waals surface area contributed by atoms with Gasteiger partial charge in [0.25, 0.3) is 0 Å². The van der Waals surface area contributed by atoms with E-state index < -0.39 is 5.82 Å². The first kappa shape index (κ1) is 14.3. The van der Waals surface area contributed by atoms with Gasteiger partial charge in [0.2, 0.25) is 0 Å². The zero-order valence-electron chi connectivity index (χ0n) is 10.0. The van der Waals surface area contributed by atoms with E-state index in [4.69, 9.17) is 39.9 Å². The van der Waals surface area contributed by atoms with Crippen molar-refractivity contribution in [2.24, 2.45) is 0 Å². The van der Waals surface area contributed by atoms with Gasteiger partial charge in [-0.05, 0) is 24.3 Å². The van der Waals surface area contributed by atoms with Gasteiger partial charge in [0.05, 0.1) is 39.4 Å². The van der Waals surface area contributed by atoms with E-state index in [1.807, 2.05) is 6.07 Å². The molecule has 0 bridgehead atoms. The number of rotatable bonds is 2. The fourth-order valence-electron chi connectivity index (χ4n) is 1.61. The Morgan fingerprint density at radius 1 is 1.15 bits per heavy atom. The van der Waals surface area contributed by atoms with Crippen molar-refractivity contribution >= 4 is 46.0 Å². The molecular formula is C13H9Cl2FN4. The molecule has 20 heavy (non-hydrogen) atoms. The van der Waals surface area contributed by atoms with E-state index in [1.54, 1.807) is 12.1 Å². The molecule has 4 nitrogen and oxygen atoms in total. The number of hydrogen-bond acceptors (Lipinski definition) is 4. The second-order valence-electron chi connectivity index (χ2n) is 3.99. The van der Waals surface area contributed by atoms with Crippen LogP contribution in [-0.2, 0) is 0 Å². The summed E-state index contributed by atoms with van der Waals surface area (Å²) < 4.78 is 14.0. The molecule has 5 N–H and O–H groups in total. The molecule has 0 atom stereocenters.